The number of ketones is 1. The number of methoxy groups -OCH3 is 1. The number of aromatic nitrogens is 1. The van der Waals surface area contributed by atoms with Crippen molar-refractivity contribution < 1.29 is 18.7 Å². The molecule has 6 heteroatoms. The molecule has 24 heavy (non-hydrogen) atoms. The molecular weight excluding hydrogens is 311 g/mol. The molecule has 5 nitrogen and oxygen atoms in total. The van der Waals surface area contributed by atoms with Crippen LogP contribution >= 0.6 is 0 Å². The van der Waals surface area contributed by atoms with E-state index < -0.39 is 11.7 Å². The number of ether oxygens (including phenoxy) is 1. The molecule has 0 unspecified atom stereocenters. The van der Waals surface area contributed by atoms with Gasteiger partial charge in [-0.1, -0.05) is 13.8 Å². The molecule has 1 amide bonds. The van der Waals surface area contributed by atoms with Gasteiger partial charge in [-0.25, -0.2) is 4.39 Å². The highest BCUT2D eigenvalue weighted by atomic mass is 19.1. The van der Waals surface area contributed by atoms with Crippen molar-refractivity contribution >= 4 is 17.4 Å². The molecule has 1 aromatic carbocycles. The highest BCUT2D eigenvalue weighted by Gasteiger charge is 2.35. The van der Waals surface area contributed by atoms with E-state index in [-0.39, 0.29) is 22.4 Å². The molecule has 0 saturated heterocycles. The lowest BCUT2D eigenvalue weighted by molar-refractivity contribution is 0.0902. The fourth-order valence-electron chi connectivity index (χ4n) is 3.08. The van der Waals surface area contributed by atoms with Crippen molar-refractivity contribution in [2.75, 3.05) is 12.4 Å². The molecule has 0 aliphatic heterocycles. The maximum atomic E-state index is 14.0. The Balaban J connectivity index is 1.88. The van der Waals surface area contributed by atoms with Gasteiger partial charge in [0.2, 0.25) is 0 Å². The van der Waals surface area contributed by atoms with Gasteiger partial charge < -0.3 is 15.0 Å². The van der Waals surface area contributed by atoms with Crippen molar-refractivity contribution in [3.63, 3.8) is 0 Å². The quantitative estimate of drug-likeness (QED) is 0.904. The summed E-state index contributed by atoms with van der Waals surface area (Å²) in [5, 5.41) is 2.51. The largest absolute Gasteiger partial charge is 0.497 e. The number of Topliss-reactive ketones (excluding diaryl/α,β-unsaturated/α-hetero) is 1. The minimum atomic E-state index is -0.598. The Morgan fingerprint density at radius 3 is 2.75 bits per heavy atom. The molecule has 3 rings (SSSR count). The number of amides is 1. The number of H-pyrrole nitrogens is 1. The first-order valence-electron chi connectivity index (χ1n) is 7.69. The second kappa shape index (κ2) is 5.78. The maximum Gasteiger partial charge on any atom is 0.258 e. The smallest absolute Gasteiger partial charge is 0.258 e. The topological polar surface area (TPSA) is 71.2 Å². The summed E-state index contributed by atoms with van der Waals surface area (Å²) in [5.74, 6) is -0.811. The van der Waals surface area contributed by atoms with Gasteiger partial charge in [0.25, 0.3) is 5.91 Å². The van der Waals surface area contributed by atoms with Crippen LogP contribution in [0.1, 0.15) is 46.7 Å². The fraction of sp³-hybridized carbons (Fsp3) is 0.333. The van der Waals surface area contributed by atoms with E-state index in [1.54, 1.807) is 6.07 Å². The average molecular weight is 330 g/mol. The summed E-state index contributed by atoms with van der Waals surface area (Å²) < 4.78 is 18.9. The number of carbonyl (C=O) groups is 2. The monoisotopic (exact) mass is 330 g/mol. The van der Waals surface area contributed by atoms with Crippen molar-refractivity contribution in [2.45, 2.75) is 26.7 Å². The summed E-state index contributed by atoms with van der Waals surface area (Å²) in [6.07, 6.45) is 2.59. The number of rotatable bonds is 3. The number of benzene rings is 1. The minimum Gasteiger partial charge on any atom is -0.497 e. The minimum absolute atomic E-state index is 0.0411. The van der Waals surface area contributed by atoms with Gasteiger partial charge in [-0.05, 0) is 24.0 Å². The van der Waals surface area contributed by atoms with Crippen LogP contribution < -0.4 is 10.1 Å². The normalized spacial score (nSPS) is 15.8. The molecule has 126 valence electrons. The van der Waals surface area contributed by atoms with E-state index in [1.807, 2.05) is 13.8 Å². The Hall–Kier alpha value is -2.63. The van der Waals surface area contributed by atoms with Crippen LogP contribution in [0.5, 0.6) is 5.75 Å². The molecule has 1 aromatic heterocycles. The van der Waals surface area contributed by atoms with E-state index in [2.05, 4.69) is 10.3 Å². The van der Waals surface area contributed by atoms with Crippen LogP contribution in [0.25, 0.3) is 0 Å². The Labute approximate surface area is 139 Å². The summed E-state index contributed by atoms with van der Waals surface area (Å²) in [4.78, 5) is 27.9. The molecule has 0 fully saturated rings. The number of hydrogen-bond donors (Lipinski definition) is 2. The summed E-state index contributed by atoms with van der Waals surface area (Å²) in [6.45, 7) is 4.03. The van der Waals surface area contributed by atoms with Crippen LogP contribution in [-0.4, -0.2) is 23.8 Å². The zero-order valence-corrected chi connectivity index (χ0v) is 13.8. The summed E-state index contributed by atoms with van der Waals surface area (Å²) >= 11 is 0. The molecule has 1 aliphatic carbocycles. The van der Waals surface area contributed by atoms with Crippen LogP contribution in [0, 0.1) is 11.2 Å². The van der Waals surface area contributed by atoms with Gasteiger partial charge in [0, 0.05) is 24.4 Å². The first-order chi connectivity index (χ1) is 11.3. The number of carbonyl (C=O) groups excluding carboxylic acids is 2. The Bertz CT molecular complexity index is 824. The van der Waals surface area contributed by atoms with Crippen LogP contribution in [0.4, 0.5) is 10.1 Å². The molecule has 0 atom stereocenters. The van der Waals surface area contributed by atoms with Crippen molar-refractivity contribution in [1.82, 2.24) is 4.98 Å². The Morgan fingerprint density at radius 2 is 2.08 bits per heavy atom. The third kappa shape index (κ3) is 2.91. The lowest BCUT2D eigenvalue weighted by Gasteiger charge is -2.28. The third-order valence-corrected chi connectivity index (χ3v) is 4.20. The second-order valence-corrected chi connectivity index (χ2v) is 6.80. The van der Waals surface area contributed by atoms with Crippen LogP contribution in [0.2, 0.25) is 0 Å². The fourth-order valence-corrected chi connectivity index (χ4v) is 3.08. The molecular formula is C18H19FN2O3. The number of fused-ring (bicyclic) bond motifs is 1. The zero-order chi connectivity index (χ0) is 17.5. The SMILES string of the molecule is COc1ccc(NC(=O)c2c[nH]c3c2C(=O)CC(C)(C)C3)c(F)c1. The lowest BCUT2D eigenvalue weighted by Crippen LogP contribution is -2.28. The molecule has 2 aromatic rings. The van der Waals surface area contributed by atoms with E-state index in [4.69, 9.17) is 4.74 Å². The molecule has 2 N–H and O–H groups in total. The van der Waals surface area contributed by atoms with Crippen molar-refractivity contribution in [2.24, 2.45) is 5.41 Å². The van der Waals surface area contributed by atoms with Crippen molar-refractivity contribution in [3.05, 3.63) is 47.0 Å². The first kappa shape index (κ1) is 16.2. The Kier molecular flexibility index (Phi) is 3.91. The average Bonchev–Trinajstić information content (AvgIpc) is 2.91. The van der Waals surface area contributed by atoms with Crippen LogP contribution in [-0.2, 0) is 6.42 Å². The number of hydrogen-bond acceptors (Lipinski definition) is 3. The van der Waals surface area contributed by atoms with Gasteiger partial charge in [0.15, 0.2) is 5.78 Å². The number of halogens is 1. The number of nitrogens with one attached hydrogen (secondary N) is 2. The second-order valence-electron chi connectivity index (χ2n) is 6.80. The summed E-state index contributed by atoms with van der Waals surface area (Å²) in [5.41, 5.74) is 1.34. The van der Waals surface area contributed by atoms with Gasteiger partial charge in [0.05, 0.1) is 23.9 Å². The molecule has 0 spiro atoms. The Morgan fingerprint density at radius 1 is 1.33 bits per heavy atom. The third-order valence-electron chi connectivity index (χ3n) is 4.20. The molecule has 0 bridgehead atoms. The predicted molar refractivity (Wildman–Crippen MR) is 88.1 cm³/mol. The molecule has 0 radical (unpaired) electrons. The van der Waals surface area contributed by atoms with E-state index in [0.29, 0.717) is 24.2 Å². The van der Waals surface area contributed by atoms with Crippen LogP contribution in [0.3, 0.4) is 0 Å². The van der Waals surface area contributed by atoms with Crippen molar-refractivity contribution in [1.29, 1.82) is 0 Å². The standard InChI is InChI=1S/C18H19FN2O3/c1-18(2)7-14-16(15(22)8-18)11(9-20-14)17(23)21-13-5-4-10(24-3)6-12(13)19/h4-6,9,20H,7-8H2,1-3H3,(H,21,23). The molecule has 1 heterocycles. The van der Waals surface area contributed by atoms with Crippen LogP contribution in [0.15, 0.2) is 24.4 Å². The van der Waals surface area contributed by atoms with E-state index in [1.165, 1.54) is 25.4 Å². The van der Waals surface area contributed by atoms with E-state index >= 15 is 0 Å². The van der Waals surface area contributed by atoms with Gasteiger partial charge in [-0.3, -0.25) is 9.59 Å². The van der Waals surface area contributed by atoms with Gasteiger partial charge in [0.1, 0.15) is 11.6 Å². The first-order valence-corrected chi connectivity index (χ1v) is 7.69. The number of anilines is 1. The van der Waals surface area contributed by atoms with E-state index in [9.17, 15) is 14.0 Å². The van der Waals surface area contributed by atoms with Gasteiger partial charge >= 0.3 is 0 Å². The lowest BCUT2D eigenvalue weighted by atomic mass is 9.75. The van der Waals surface area contributed by atoms with Gasteiger partial charge in [-0.2, -0.15) is 0 Å². The van der Waals surface area contributed by atoms with Gasteiger partial charge in [-0.15, -0.1) is 0 Å². The highest BCUT2D eigenvalue weighted by molar-refractivity contribution is 6.13. The maximum absolute atomic E-state index is 14.0. The zero-order valence-electron chi connectivity index (χ0n) is 13.8. The molecule has 1 aliphatic rings. The van der Waals surface area contributed by atoms with Crippen molar-refractivity contribution in [3.8, 4) is 5.75 Å². The number of aromatic amines is 1. The predicted octanol–water partition coefficient (Wildman–Crippen LogP) is 3.57. The molecule has 0 saturated carbocycles. The summed E-state index contributed by atoms with van der Waals surface area (Å²) in [7, 11) is 1.44. The highest BCUT2D eigenvalue weighted by Crippen LogP contribution is 2.36. The van der Waals surface area contributed by atoms with E-state index in [0.717, 1.165) is 5.69 Å². The summed E-state index contributed by atoms with van der Waals surface area (Å²) in [6, 6.07) is 4.17.